The van der Waals surface area contributed by atoms with Crippen LogP contribution >= 0.6 is 11.8 Å². The molecule has 0 spiro atoms. The van der Waals surface area contributed by atoms with Crippen LogP contribution in [0.2, 0.25) is 0 Å². The molecule has 9 nitrogen and oxygen atoms in total. The molecular formula is C9H16N4O5S2. The van der Waals surface area contributed by atoms with E-state index in [2.05, 4.69) is 9.18 Å². The van der Waals surface area contributed by atoms with Gasteiger partial charge in [-0.05, 0) is 4.73 Å². The van der Waals surface area contributed by atoms with E-state index in [1.54, 1.807) is 12.1 Å². The van der Waals surface area contributed by atoms with Gasteiger partial charge in [0.15, 0.2) is 0 Å². The zero-order chi connectivity index (χ0) is 14.0. The summed E-state index contributed by atoms with van der Waals surface area (Å²) < 4.78 is 34.9. The number of hydrogen-bond acceptors (Lipinski definition) is 8. The molecule has 20 heavy (non-hydrogen) atoms. The maximum absolute atomic E-state index is 10.7. The molecule has 1 aliphatic rings. The minimum Gasteiger partial charge on any atom is -0.870 e. The first-order valence-electron chi connectivity index (χ1n) is 5.48. The summed E-state index contributed by atoms with van der Waals surface area (Å²) in [6, 6.07) is 3.11. The average Bonchev–Trinajstić information content (AvgIpc) is 2.33. The average molecular weight is 324 g/mol. The maximum atomic E-state index is 10.7. The fourth-order valence-corrected chi connectivity index (χ4v) is 3.06. The van der Waals surface area contributed by atoms with Crippen molar-refractivity contribution in [2.45, 2.75) is 0 Å². The lowest BCUT2D eigenvalue weighted by molar-refractivity contribution is -0.833. The molecule has 0 unspecified atom stereocenters. The third kappa shape index (κ3) is 4.03. The number of aromatic nitrogens is 1. The Morgan fingerprint density at radius 1 is 1.25 bits per heavy atom. The summed E-state index contributed by atoms with van der Waals surface area (Å²) in [7, 11) is -4.67. The van der Waals surface area contributed by atoms with Crippen molar-refractivity contribution in [1.82, 2.24) is 0 Å². The third-order valence-corrected chi connectivity index (χ3v) is 3.89. The standard InChI is InChI=1S/C9H14N4O4S2.H2O/c10-8-5-7(12-1-3-18-4-2-12)6-9(11)13(8)17-19(14,15)16;/h5-6H,1-4H2,(H4,10,11,14,15,16);1H2. The summed E-state index contributed by atoms with van der Waals surface area (Å²) in [5.74, 6) is 2.00. The number of nitrogen functional groups attached to an aromatic ring is 2. The maximum Gasteiger partial charge on any atom is 0.476 e. The fraction of sp³-hybridized carbons (Fsp3) is 0.444. The Bertz CT molecular complexity index is 551. The van der Waals surface area contributed by atoms with E-state index in [9.17, 15) is 8.42 Å². The minimum absolute atomic E-state index is 0. The van der Waals surface area contributed by atoms with E-state index in [1.807, 2.05) is 11.8 Å². The fourth-order valence-electron chi connectivity index (χ4n) is 1.80. The second kappa shape index (κ2) is 6.35. The topological polar surface area (TPSA) is 153 Å². The molecular weight excluding hydrogens is 308 g/mol. The Labute approximate surface area is 120 Å². The van der Waals surface area contributed by atoms with Gasteiger partial charge in [-0.1, -0.05) is 0 Å². The van der Waals surface area contributed by atoms with Crippen LogP contribution in [0.1, 0.15) is 0 Å². The zero-order valence-electron chi connectivity index (χ0n) is 10.5. The van der Waals surface area contributed by atoms with Gasteiger partial charge in [0.05, 0.1) is 5.69 Å². The highest BCUT2D eigenvalue weighted by atomic mass is 32.3. The molecule has 1 aliphatic heterocycles. The molecule has 0 amide bonds. The van der Waals surface area contributed by atoms with E-state index in [4.69, 9.17) is 16.0 Å². The highest BCUT2D eigenvalue weighted by Gasteiger charge is 2.21. The van der Waals surface area contributed by atoms with Crippen molar-refractivity contribution in [1.29, 1.82) is 0 Å². The Kier molecular flexibility index (Phi) is 5.28. The molecule has 0 bridgehead atoms. The highest BCUT2D eigenvalue weighted by Crippen LogP contribution is 2.21. The number of rotatable bonds is 3. The summed E-state index contributed by atoms with van der Waals surface area (Å²) in [4.78, 5) is 2.10. The number of hydrogen-bond donors (Lipinski definition) is 3. The molecule has 2 rings (SSSR count). The summed E-state index contributed by atoms with van der Waals surface area (Å²) >= 11 is 1.87. The molecule has 1 aromatic heterocycles. The Morgan fingerprint density at radius 2 is 1.75 bits per heavy atom. The van der Waals surface area contributed by atoms with Crippen molar-refractivity contribution >= 4 is 39.5 Å². The number of pyridine rings is 1. The van der Waals surface area contributed by atoms with Gasteiger partial charge in [-0.15, -0.1) is 0 Å². The van der Waals surface area contributed by atoms with Gasteiger partial charge in [0.25, 0.3) is 11.6 Å². The van der Waals surface area contributed by atoms with Crippen LogP contribution in [0.4, 0.5) is 17.3 Å². The van der Waals surface area contributed by atoms with E-state index in [1.165, 1.54) is 0 Å². The Balaban J connectivity index is 0.00000200. The van der Waals surface area contributed by atoms with Crippen LogP contribution in [0.5, 0.6) is 0 Å². The molecule has 6 N–H and O–H groups in total. The second-order valence-electron chi connectivity index (χ2n) is 3.96. The second-order valence-corrected chi connectivity index (χ2v) is 6.19. The quantitative estimate of drug-likeness (QED) is 0.457. The van der Waals surface area contributed by atoms with Crippen LogP contribution < -0.4 is 25.4 Å². The molecule has 11 heteroatoms. The molecule has 0 atom stereocenters. The molecule has 0 saturated carbocycles. The van der Waals surface area contributed by atoms with E-state index < -0.39 is 10.4 Å². The minimum atomic E-state index is -4.67. The van der Waals surface area contributed by atoms with Crippen LogP contribution in [-0.2, 0) is 10.4 Å². The Hall–Kier alpha value is -1.43. The van der Waals surface area contributed by atoms with Gasteiger partial charge < -0.3 is 21.8 Å². The number of nitrogens with zero attached hydrogens (tertiary/aromatic N) is 2. The van der Waals surface area contributed by atoms with E-state index in [-0.39, 0.29) is 17.1 Å². The van der Waals surface area contributed by atoms with Gasteiger partial charge in [-0.25, -0.2) is 4.28 Å². The smallest absolute Gasteiger partial charge is 0.476 e. The molecule has 2 heterocycles. The zero-order valence-corrected chi connectivity index (χ0v) is 12.1. The lowest BCUT2D eigenvalue weighted by atomic mass is 10.3. The number of nitrogens with two attached hydrogens (primary N) is 2. The first-order chi connectivity index (χ1) is 8.87. The summed E-state index contributed by atoms with van der Waals surface area (Å²) in [6.45, 7) is 1.74. The van der Waals surface area contributed by atoms with Gasteiger partial charge in [0.2, 0.25) is 0 Å². The predicted octanol–water partition coefficient (Wildman–Crippen LogP) is -1.25. The lowest BCUT2D eigenvalue weighted by Gasteiger charge is -2.28. The van der Waals surface area contributed by atoms with Gasteiger partial charge in [-0.2, -0.15) is 20.2 Å². The van der Waals surface area contributed by atoms with E-state index in [0.717, 1.165) is 30.3 Å². The third-order valence-electron chi connectivity index (χ3n) is 2.61. The Morgan fingerprint density at radius 3 is 2.20 bits per heavy atom. The van der Waals surface area contributed by atoms with Crippen LogP contribution in [0.3, 0.4) is 0 Å². The monoisotopic (exact) mass is 324 g/mol. The van der Waals surface area contributed by atoms with Crippen molar-refractivity contribution < 1.29 is 27.5 Å². The lowest BCUT2D eigenvalue weighted by Crippen LogP contribution is -2.50. The van der Waals surface area contributed by atoms with Crippen LogP contribution in [0.25, 0.3) is 0 Å². The largest absolute Gasteiger partial charge is 0.870 e. The molecule has 1 fully saturated rings. The predicted molar refractivity (Wildman–Crippen MR) is 75.1 cm³/mol. The molecule has 114 valence electrons. The van der Waals surface area contributed by atoms with E-state index in [0.29, 0.717) is 4.73 Å². The number of thioether (sulfide) groups is 1. The van der Waals surface area contributed by atoms with Crippen LogP contribution in [0, 0.1) is 0 Å². The summed E-state index contributed by atoms with van der Waals surface area (Å²) in [5, 5.41) is 0. The summed E-state index contributed by atoms with van der Waals surface area (Å²) in [6.07, 6.45) is 0. The molecule has 1 saturated heterocycles. The highest BCUT2D eigenvalue weighted by molar-refractivity contribution is 7.99. The van der Waals surface area contributed by atoms with Gasteiger partial charge in [0, 0.05) is 36.7 Å². The van der Waals surface area contributed by atoms with Crippen molar-refractivity contribution in [2.75, 3.05) is 41.0 Å². The molecule has 0 aromatic carbocycles. The van der Waals surface area contributed by atoms with Gasteiger partial charge in [-0.3, -0.25) is 4.55 Å². The summed E-state index contributed by atoms with van der Waals surface area (Å²) in [5.41, 5.74) is 12.2. The van der Waals surface area contributed by atoms with Crippen molar-refractivity contribution in [3.63, 3.8) is 0 Å². The molecule has 0 aliphatic carbocycles. The van der Waals surface area contributed by atoms with Crippen molar-refractivity contribution in [2.24, 2.45) is 0 Å². The first kappa shape index (κ1) is 16.6. The van der Waals surface area contributed by atoms with Crippen molar-refractivity contribution in [3.05, 3.63) is 12.1 Å². The normalized spacial score (nSPS) is 15.6. The van der Waals surface area contributed by atoms with Gasteiger partial charge >= 0.3 is 10.4 Å². The van der Waals surface area contributed by atoms with E-state index >= 15 is 0 Å². The molecule has 0 radical (unpaired) electrons. The number of anilines is 3. The van der Waals surface area contributed by atoms with Crippen molar-refractivity contribution in [3.8, 4) is 0 Å². The van der Waals surface area contributed by atoms with Crippen LogP contribution in [0.15, 0.2) is 12.1 Å². The van der Waals surface area contributed by atoms with Gasteiger partial charge in [0.1, 0.15) is 0 Å². The van der Waals surface area contributed by atoms with Crippen LogP contribution in [-0.4, -0.2) is 43.0 Å². The SMILES string of the molecule is Nc1cc(N2CCSCC2)cc(N)[n+]1OS(=O)(=O)O.[OH-]. The first-order valence-corrected chi connectivity index (χ1v) is 8.00. The molecule has 1 aromatic rings.